The molecule has 0 bridgehead atoms. The summed E-state index contributed by atoms with van der Waals surface area (Å²) in [6.07, 6.45) is 4.93. The van der Waals surface area contributed by atoms with Crippen LogP contribution in [0.25, 0.3) is 0 Å². The molecule has 4 heterocycles. The highest BCUT2D eigenvalue weighted by Gasteiger charge is 2.40. The van der Waals surface area contributed by atoms with E-state index < -0.39 is 11.9 Å². The van der Waals surface area contributed by atoms with Crippen LogP contribution in [0, 0.1) is 0 Å². The summed E-state index contributed by atoms with van der Waals surface area (Å²) in [4.78, 5) is 31.1. The van der Waals surface area contributed by atoms with Crippen molar-refractivity contribution in [3.8, 4) is 0 Å². The minimum Gasteiger partial charge on any atom is -0.480 e. The Morgan fingerprint density at radius 3 is 1.39 bits per heavy atom. The van der Waals surface area contributed by atoms with Crippen molar-refractivity contribution >= 4 is 11.9 Å². The zero-order chi connectivity index (χ0) is 25.0. The average molecular weight is 471 g/mol. The van der Waals surface area contributed by atoms with Gasteiger partial charge in [0.25, 0.3) is 0 Å². The maximum absolute atomic E-state index is 11.1. The molecule has 194 valence electrons. The molecular weight excluding hydrogens is 420 g/mol. The predicted octanol–water partition coefficient (Wildman–Crippen LogP) is 2.92. The van der Waals surface area contributed by atoms with Gasteiger partial charge < -0.3 is 20.0 Å². The molecule has 4 aliphatic heterocycles. The number of carbonyl (C=O) groups is 2. The van der Waals surface area contributed by atoms with Gasteiger partial charge in [-0.3, -0.25) is 19.4 Å². The number of carboxylic acids is 2. The molecule has 0 aliphatic carbocycles. The number of hydrogen-bond acceptors (Lipinski definition) is 6. The van der Waals surface area contributed by atoms with Crippen LogP contribution in [0.15, 0.2) is 0 Å². The largest absolute Gasteiger partial charge is 0.480 e. The van der Waals surface area contributed by atoms with Crippen LogP contribution < -0.4 is 0 Å². The molecule has 4 aliphatic rings. The first kappa shape index (κ1) is 29.8. The van der Waals surface area contributed by atoms with Gasteiger partial charge in [0, 0.05) is 38.3 Å². The van der Waals surface area contributed by atoms with E-state index in [1.54, 1.807) is 0 Å². The number of likely N-dealkylation sites (tertiary alicyclic amines) is 4. The molecular formula is C25H50N4O4. The van der Waals surface area contributed by atoms with Gasteiger partial charge in [-0.2, -0.15) is 0 Å². The van der Waals surface area contributed by atoms with E-state index in [2.05, 4.69) is 33.4 Å². The Bertz CT molecular complexity index is 565. The molecule has 0 aromatic heterocycles. The molecule has 2 N–H and O–H groups in total. The van der Waals surface area contributed by atoms with Crippen LogP contribution in [-0.2, 0) is 9.59 Å². The third-order valence-corrected chi connectivity index (χ3v) is 7.12. The van der Waals surface area contributed by atoms with E-state index in [0.29, 0.717) is 12.1 Å². The number of likely N-dealkylation sites (N-methyl/N-ethyl adjacent to an activating group) is 2. The molecule has 4 saturated heterocycles. The summed E-state index contributed by atoms with van der Waals surface area (Å²) in [5, 5.41) is 18.2. The molecule has 2 atom stereocenters. The Morgan fingerprint density at radius 1 is 0.667 bits per heavy atom. The first-order valence-electron chi connectivity index (χ1n) is 13.4. The minimum absolute atomic E-state index is 0.209. The van der Waals surface area contributed by atoms with E-state index in [1.165, 1.54) is 0 Å². The Labute approximate surface area is 201 Å². The van der Waals surface area contributed by atoms with Crippen molar-refractivity contribution in [3.63, 3.8) is 0 Å². The van der Waals surface area contributed by atoms with Crippen LogP contribution in [0.3, 0.4) is 0 Å². The summed E-state index contributed by atoms with van der Waals surface area (Å²) in [6.45, 7) is 20.6. The number of nitrogens with zero attached hydrogens (tertiary/aromatic N) is 4. The van der Waals surface area contributed by atoms with Gasteiger partial charge in [-0.25, -0.2) is 0 Å². The van der Waals surface area contributed by atoms with Gasteiger partial charge in [0.1, 0.15) is 12.1 Å². The van der Waals surface area contributed by atoms with Crippen molar-refractivity contribution in [2.45, 2.75) is 97.8 Å². The molecule has 0 aromatic carbocycles. The Balaban J connectivity index is 0.000000288. The van der Waals surface area contributed by atoms with E-state index >= 15 is 0 Å². The maximum atomic E-state index is 11.1. The fraction of sp³-hybridized carbons (Fsp3) is 0.920. The summed E-state index contributed by atoms with van der Waals surface area (Å²) in [7, 11) is 0. The second-order valence-electron chi connectivity index (χ2n) is 8.83. The van der Waals surface area contributed by atoms with E-state index in [-0.39, 0.29) is 12.1 Å². The number of piperidine rings is 1. The first-order chi connectivity index (χ1) is 15.9. The van der Waals surface area contributed by atoms with Crippen molar-refractivity contribution in [1.29, 1.82) is 0 Å². The predicted molar refractivity (Wildman–Crippen MR) is 134 cm³/mol. The van der Waals surface area contributed by atoms with Crippen LogP contribution >= 0.6 is 0 Å². The SMILES string of the molecule is CC.CC.CCN1CC(N2CCCC2C(=O)O)C1.CCN1CC(N2CCCCC2C(=O)O)C1. The fourth-order valence-corrected chi connectivity index (χ4v) is 5.17. The standard InChI is InChI=1S/C11H20N2O2.C10H18N2O2.2C2H6/c1-2-12-7-9(8-12)13-6-4-3-5-10(13)11(14)15;1-2-11-6-8(7-11)12-5-3-4-9(12)10(13)14;2*1-2/h9-10H,2-8H2,1H3,(H,14,15);8-9H,2-7H2,1H3,(H,13,14);2*1-2H3. The van der Waals surface area contributed by atoms with Gasteiger partial charge in [0.2, 0.25) is 0 Å². The monoisotopic (exact) mass is 470 g/mol. The van der Waals surface area contributed by atoms with Crippen molar-refractivity contribution in [2.75, 3.05) is 52.4 Å². The molecule has 0 aromatic rings. The Hall–Kier alpha value is -1.22. The summed E-state index contributed by atoms with van der Waals surface area (Å²) >= 11 is 0. The third kappa shape index (κ3) is 8.19. The molecule has 33 heavy (non-hydrogen) atoms. The number of aliphatic carboxylic acids is 2. The van der Waals surface area contributed by atoms with E-state index in [4.69, 9.17) is 10.2 Å². The highest BCUT2D eigenvalue weighted by molar-refractivity contribution is 5.74. The van der Waals surface area contributed by atoms with Gasteiger partial charge in [-0.15, -0.1) is 0 Å². The minimum atomic E-state index is -0.641. The second-order valence-corrected chi connectivity index (χ2v) is 8.83. The maximum Gasteiger partial charge on any atom is 0.320 e. The van der Waals surface area contributed by atoms with E-state index in [1.807, 2.05) is 27.7 Å². The molecule has 0 saturated carbocycles. The van der Waals surface area contributed by atoms with Crippen molar-refractivity contribution < 1.29 is 19.8 Å². The summed E-state index contributed by atoms with van der Waals surface area (Å²) in [5.74, 6) is -1.28. The third-order valence-electron chi connectivity index (χ3n) is 7.12. The Morgan fingerprint density at radius 2 is 1.03 bits per heavy atom. The zero-order valence-electron chi connectivity index (χ0n) is 22.0. The molecule has 0 amide bonds. The van der Waals surface area contributed by atoms with Crippen LogP contribution in [0.1, 0.15) is 73.6 Å². The highest BCUT2D eigenvalue weighted by atomic mass is 16.4. The highest BCUT2D eigenvalue weighted by Crippen LogP contribution is 2.26. The van der Waals surface area contributed by atoms with Gasteiger partial charge in [-0.05, 0) is 51.9 Å². The Kier molecular flexibility index (Phi) is 14.1. The molecule has 8 heteroatoms. The quantitative estimate of drug-likeness (QED) is 0.613. The van der Waals surface area contributed by atoms with Crippen molar-refractivity contribution in [1.82, 2.24) is 19.6 Å². The van der Waals surface area contributed by atoms with Gasteiger partial charge in [0.15, 0.2) is 0 Å². The summed E-state index contributed by atoms with van der Waals surface area (Å²) in [6, 6.07) is 0.562. The van der Waals surface area contributed by atoms with Crippen molar-refractivity contribution in [2.24, 2.45) is 0 Å². The summed E-state index contributed by atoms with van der Waals surface area (Å²) in [5.41, 5.74) is 0. The van der Waals surface area contributed by atoms with Crippen LogP contribution in [0.5, 0.6) is 0 Å². The molecule has 0 radical (unpaired) electrons. The lowest BCUT2D eigenvalue weighted by Gasteiger charge is -2.48. The molecule has 8 nitrogen and oxygen atoms in total. The van der Waals surface area contributed by atoms with Crippen molar-refractivity contribution in [3.05, 3.63) is 0 Å². The molecule has 4 rings (SSSR count). The van der Waals surface area contributed by atoms with Crippen LogP contribution in [-0.4, -0.2) is 118 Å². The summed E-state index contributed by atoms with van der Waals surface area (Å²) < 4.78 is 0. The second kappa shape index (κ2) is 15.6. The lowest BCUT2D eigenvalue weighted by atomic mass is 9.96. The lowest BCUT2D eigenvalue weighted by Crippen LogP contribution is -2.63. The van der Waals surface area contributed by atoms with Gasteiger partial charge in [0.05, 0.1) is 0 Å². The number of rotatable bonds is 6. The van der Waals surface area contributed by atoms with E-state index in [9.17, 15) is 9.59 Å². The molecule has 2 unspecified atom stereocenters. The topological polar surface area (TPSA) is 87.6 Å². The van der Waals surface area contributed by atoms with E-state index in [0.717, 1.165) is 84.5 Å². The van der Waals surface area contributed by atoms with Crippen LogP contribution in [0.4, 0.5) is 0 Å². The average Bonchev–Trinajstić information content (AvgIpc) is 3.26. The smallest absolute Gasteiger partial charge is 0.320 e. The zero-order valence-corrected chi connectivity index (χ0v) is 22.0. The number of carboxylic acid groups (broad SMARTS) is 2. The fourth-order valence-electron chi connectivity index (χ4n) is 5.17. The number of hydrogen-bond donors (Lipinski definition) is 2. The normalized spacial score (nSPS) is 27.0. The lowest BCUT2D eigenvalue weighted by molar-refractivity contribution is -0.148. The van der Waals surface area contributed by atoms with Gasteiger partial charge in [-0.1, -0.05) is 48.0 Å². The first-order valence-corrected chi connectivity index (χ1v) is 13.4. The molecule has 4 fully saturated rings. The van der Waals surface area contributed by atoms with Gasteiger partial charge >= 0.3 is 11.9 Å². The van der Waals surface area contributed by atoms with Crippen LogP contribution in [0.2, 0.25) is 0 Å². The molecule has 0 spiro atoms.